The fraction of sp³-hybridized carbons (Fsp3) is 0.450. The fourth-order valence-electron chi connectivity index (χ4n) is 2.66. The van der Waals surface area contributed by atoms with Crippen LogP contribution in [0.2, 0.25) is 0 Å². The van der Waals surface area contributed by atoms with Gasteiger partial charge in [0.05, 0.1) is 12.3 Å². The van der Waals surface area contributed by atoms with Gasteiger partial charge in [-0.3, -0.25) is 0 Å². The number of rotatable bonds is 10. The molecule has 2 aromatic rings. The summed E-state index contributed by atoms with van der Waals surface area (Å²) in [5.74, 6) is 1.24. The van der Waals surface area contributed by atoms with Gasteiger partial charge in [-0.2, -0.15) is 0 Å². The summed E-state index contributed by atoms with van der Waals surface area (Å²) in [6, 6.07) is 8.93. The number of aliphatic carboxylic acids is 1. The highest BCUT2D eigenvalue weighted by atomic mass is 16.5. The number of aromatic nitrogens is 2. The number of nitrogens with zero attached hydrogens (tertiary/aromatic N) is 2. The lowest BCUT2D eigenvalue weighted by Gasteiger charge is -2.15. The number of carboxylic acid groups (broad SMARTS) is 1. The quantitative estimate of drug-likeness (QED) is 0.670. The second-order valence-electron chi connectivity index (χ2n) is 6.74. The van der Waals surface area contributed by atoms with Crippen LogP contribution in [0.1, 0.15) is 39.0 Å². The first kappa shape index (κ1) is 18.2. The third kappa shape index (κ3) is 5.18. The molecule has 1 saturated carbocycles. The van der Waals surface area contributed by atoms with Crippen molar-refractivity contribution in [1.82, 2.24) is 9.97 Å². The van der Waals surface area contributed by atoms with Crippen LogP contribution in [-0.4, -0.2) is 33.7 Å². The Morgan fingerprint density at radius 3 is 2.73 bits per heavy atom. The monoisotopic (exact) mass is 355 g/mol. The number of benzene rings is 1. The van der Waals surface area contributed by atoms with Gasteiger partial charge < -0.3 is 15.2 Å². The molecule has 6 nitrogen and oxygen atoms in total. The average molecular weight is 355 g/mol. The largest absolute Gasteiger partial charge is 0.493 e. The van der Waals surface area contributed by atoms with E-state index in [4.69, 9.17) is 4.74 Å². The van der Waals surface area contributed by atoms with E-state index in [1.54, 1.807) is 6.07 Å². The molecule has 6 heteroatoms. The lowest BCUT2D eigenvalue weighted by molar-refractivity contribution is -0.138. The molecule has 1 aliphatic carbocycles. The standard InChI is InChI=1S/C20H25N3O3/c1-2-3-4-17(20(24)25)23-19-11-18(21-13-22-19)15-7-9-16(10-8-15)26-12-14-5-6-14/h7-11,13-14,17H,2-6,12H2,1H3,(H,24,25)(H,21,22,23). The smallest absolute Gasteiger partial charge is 0.326 e. The zero-order valence-electron chi connectivity index (χ0n) is 15.0. The second-order valence-corrected chi connectivity index (χ2v) is 6.74. The van der Waals surface area contributed by atoms with Crippen LogP contribution in [0, 0.1) is 5.92 Å². The van der Waals surface area contributed by atoms with Crippen LogP contribution in [0.3, 0.4) is 0 Å². The highest BCUT2D eigenvalue weighted by Crippen LogP contribution is 2.30. The van der Waals surface area contributed by atoms with Crippen molar-refractivity contribution in [2.24, 2.45) is 5.92 Å². The second kappa shape index (κ2) is 8.65. The van der Waals surface area contributed by atoms with Crippen molar-refractivity contribution in [1.29, 1.82) is 0 Å². The molecule has 1 fully saturated rings. The minimum absolute atomic E-state index is 0.521. The molecular formula is C20H25N3O3. The van der Waals surface area contributed by atoms with Gasteiger partial charge in [0.1, 0.15) is 23.9 Å². The van der Waals surface area contributed by atoms with Crippen LogP contribution in [0.15, 0.2) is 36.7 Å². The maximum absolute atomic E-state index is 11.4. The van der Waals surface area contributed by atoms with Crippen molar-refractivity contribution in [3.63, 3.8) is 0 Å². The molecule has 1 atom stereocenters. The van der Waals surface area contributed by atoms with Crippen molar-refractivity contribution >= 4 is 11.8 Å². The molecule has 0 amide bonds. The predicted molar refractivity (Wildman–Crippen MR) is 100 cm³/mol. The number of hydrogen-bond donors (Lipinski definition) is 2. The first-order chi connectivity index (χ1) is 12.7. The van der Waals surface area contributed by atoms with E-state index >= 15 is 0 Å². The lowest BCUT2D eigenvalue weighted by Crippen LogP contribution is -2.29. The maximum Gasteiger partial charge on any atom is 0.326 e. The van der Waals surface area contributed by atoms with Gasteiger partial charge >= 0.3 is 5.97 Å². The molecular weight excluding hydrogens is 330 g/mol. The third-order valence-electron chi connectivity index (χ3n) is 4.47. The molecule has 26 heavy (non-hydrogen) atoms. The number of carbonyl (C=O) groups is 1. The molecule has 0 radical (unpaired) electrons. The van der Waals surface area contributed by atoms with Gasteiger partial charge in [-0.15, -0.1) is 0 Å². The SMILES string of the molecule is CCCCC(Nc1cc(-c2ccc(OCC3CC3)cc2)ncn1)C(=O)O. The summed E-state index contributed by atoms with van der Waals surface area (Å²) < 4.78 is 5.75. The summed E-state index contributed by atoms with van der Waals surface area (Å²) >= 11 is 0. The van der Waals surface area contributed by atoms with E-state index in [1.165, 1.54) is 19.2 Å². The molecule has 1 aromatic heterocycles. The van der Waals surface area contributed by atoms with Gasteiger partial charge in [-0.1, -0.05) is 19.8 Å². The van der Waals surface area contributed by atoms with Gasteiger partial charge in [0, 0.05) is 11.6 Å². The van der Waals surface area contributed by atoms with Crippen LogP contribution in [0.4, 0.5) is 5.82 Å². The van der Waals surface area contributed by atoms with Gasteiger partial charge in [0.2, 0.25) is 0 Å². The van der Waals surface area contributed by atoms with E-state index in [9.17, 15) is 9.90 Å². The third-order valence-corrected chi connectivity index (χ3v) is 4.47. The number of hydrogen-bond acceptors (Lipinski definition) is 5. The van der Waals surface area contributed by atoms with Crippen molar-refractivity contribution in [3.05, 3.63) is 36.7 Å². The molecule has 138 valence electrons. The number of nitrogens with one attached hydrogen (secondary N) is 1. The van der Waals surface area contributed by atoms with E-state index in [0.717, 1.165) is 42.4 Å². The van der Waals surface area contributed by atoms with E-state index in [2.05, 4.69) is 15.3 Å². The Balaban J connectivity index is 1.66. The minimum atomic E-state index is -0.865. The van der Waals surface area contributed by atoms with E-state index in [-0.39, 0.29) is 0 Å². The zero-order valence-corrected chi connectivity index (χ0v) is 15.0. The first-order valence-corrected chi connectivity index (χ1v) is 9.20. The number of anilines is 1. The van der Waals surface area contributed by atoms with Crippen molar-refractivity contribution in [2.75, 3.05) is 11.9 Å². The van der Waals surface area contributed by atoms with Crippen LogP contribution in [0.5, 0.6) is 5.75 Å². The highest BCUT2D eigenvalue weighted by Gasteiger charge is 2.22. The van der Waals surface area contributed by atoms with Crippen molar-refractivity contribution in [2.45, 2.75) is 45.1 Å². The normalized spacial score (nSPS) is 14.7. The van der Waals surface area contributed by atoms with Gasteiger partial charge in [-0.25, -0.2) is 14.8 Å². The minimum Gasteiger partial charge on any atom is -0.493 e. The van der Waals surface area contributed by atoms with Crippen LogP contribution in [0.25, 0.3) is 11.3 Å². The summed E-state index contributed by atoms with van der Waals surface area (Å²) in [5.41, 5.74) is 1.69. The van der Waals surface area contributed by atoms with E-state index in [0.29, 0.717) is 12.2 Å². The Kier molecular flexibility index (Phi) is 6.04. The summed E-state index contributed by atoms with van der Waals surface area (Å²) in [5, 5.41) is 12.4. The maximum atomic E-state index is 11.4. The van der Waals surface area contributed by atoms with Crippen molar-refractivity contribution < 1.29 is 14.6 Å². The Hall–Kier alpha value is -2.63. The molecule has 0 saturated heterocycles. The summed E-state index contributed by atoms with van der Waals surface area (Å²) in [7, 11) is 0. The zero-order chi connectivity index (χ0) is 18.4. The molecule has 1 heterocycles. The first-order valence-electron chi connectivity index (χ1n) is 9.20. The Morgan fingerprint density at radius 1 is 1.31 bits per heavy atom. The average Bonchev–Trinajstić information content (AvgIpc) is 3.48. The number of unbranched alkanes of at least 4 members (excludes halogenated alkanes) is 1. The fourth-order valence-corrected chi connectivity index (χ4v) is 2.66. The predicted octanol–water partition coefficient (Wildman–Crippen LogP) is 3.99. The molecule has 0 bridgehead atoms. The molecule has 1 aromatic carbocycles. The number of carboxylic acids is 1. The van der Waals surface area contributed by atoms with E-state index < -0.39 is 12.0 Å². The van der Waals surface area contributed by atoms with Gasteiger partial charge in [0.25, 0.3) is 0 Å². The molecule has 0 spiro atoms. The summed E-state index contributed by atoms with van der Waals surface area (Å²) in [6.45, 7) is 2.83. The Bertz CT molecular complexity index is 729. The highest BCUT2D eigenvalue weighted by molar-refractivity contribution is 5.77. The Labute approximate surface area is 153 Å². The van der Waals surface area contributed by atoms with E-state index in [1.807, 2.05) is 31.2 Å². The van der Waals surface area contributed by atoms with Crippen LogP contribution >= 0.6 is 0 Å². The number of ether oxygens (including phenoxy) is 1. The topological polar surface area (TPSA) is 84.3 Å². The molecule has 1 aliphatic rings. The van der Waals surface area contributed by atoms with Gasteiger partial charge in [-0.05, 0) is 49.4 Å². The van der Waals surface area contributed by atoms with Crippen LogP contribution < -0.4 is 10.1 Å². The Morgan fingerprint density at radius 2 is 2.08 bits per heavy atom. The molecule has 1 unspecified atom stereocenters. The summed E-state index contributed by atoms with van der Waals surface area (Å²) in [4.78, 5) is 19.9. The van der Waals surface area contributed by atoms with Gasteiger partial charge in [0.15, 0.2) is 0 Å². The molecule has 0 aliphatic heterocycles. The molecule has 3 rings (SSSR count). The van der Waals surface area contributed by atoms with Crippen LogP contribution in [-0.2, 0) is 4.79 Å². The summed E-state index contributed by atoms with van der Waals surface area (Å²) in [6.07, 6.45) is 6.36. The lowest BCUT2D eigenvalue weighted by atomic mass is 10.1. The van der Waals surface area contributed by atoms with Crippen molar-refractivity contribution in [3.8, 4) is 17.0 Å². The molecule has 2 N–H and O–H groups in total.